The Bertz CT molecular complexity index is 415. The van der Waals surface area contributed by atoms with Gasteiger partial charge in [-0.2, -0.15) is 0 Å². The van der Waals surface area contributed by atoms with E-state index in [1.807, 2.05) is 12.1 Å². The summed E-state index contributed by atoms with van der Waals surface area (Å²) in [5, 5.41) is 9.52. The Kier molecular flexibility index (Phi) is 4.04. The minimum atomic E-state index is 0.379. The van der Waals surface area contributed by atoms with Gasteiger partial charge in [-0.25, -0.2) is 0 Å². The number of rotatable bonds is 3. The molecule has 0 aliphatic carbocycles. The second-order valence-corrected chi connectivity index (χ2v) is 5.94. The minimum absolute atomic E-state index is 0.379. The first-order chi connectivity index (χ1) is 9.31. The average Bonchev–Trinajstić information content (AvgIpc) is 2.88. The van der Waals surface area contributed by atoms with Crippen LogP contribution in [0.25, 0.3) is 0 Å². The Labute approximate surface area is 115 Å². The van der Waals surface area contributed by atoms with E-state index in [-0.39, 0.29) is 0 Å². The maximum atomic E-state index is 9.52. The van der Waals surface area contributed by atoms with Gasteiger partial charge >= 0.3 is 0 Å². The summed E-state index contributed by atoms with van der Waals surface area (Å²) in [5.74, 6) is 0.379. The second-order valence-electron chi connectivity index (χ2n) is 5.94. The van der Waals surface area contributed by atoms with Gasteiger partial charge in [0, 0.05) is 25.7 Å². The van der Waals surface area contributed by atoms with E-state index in [0.717, 1.165) is 12.6 Å². The Morgan fingerprint density at radius 3 is 2.74 bits per heavy atom. The van der Waals surface area contributed by atoms with Crippen LogP contribution < -0.4 is 0 Å². The van der Waals surface area contributed by atoms with Crippen molar-refractivity contribution in [3.8, 4) is 5.75 Å². The average molecular weight is 260 g/mol. The number of hydrogen-bond donors (Lipinski definition) is 1. The van der Waals surface area contributed by atoms with Crippen LogP contribution in [0.15, 0.2) is 24.3 Å². The standard InChI is InChI=1S/C16H24N2O/c19-16-6-4-5-14(11-16)12-17-10-7-15(13-17)18-8-2-1-3-9-18/h4-6,11,15,19H,1-3,7-10,12-13H2. The molecule has 1 atom stereocenters. The molecular weight excluding hydrogens is 236 g/mol. The molecule has 1 unspecified atom stereocenters. The smallest absolute Gasteiger partial charge is 0.115 e. The first-order valence-corrected chi connectivity index (χ1v) is 7.55. The number of nitrogens with zero attached hydrogens (tertiary/aromatic N) is 2. The summed E-state index contributed by atoms with van der Waals surface area (Å²) in [4.78, 5) is 5.21. The molecule has 0 amide bonds. The molecular formula is C16H24N2O. The van der Waals surface area contributed by atoms with Gasteiger partial charge in [0.2, 0.25) is 0 Å². The summed E-state index contributed by atoms with van der Waals surface area (Å²) in [6.45, 7) is 5.94. The molecule has 104 valence electrons. The van der Waals surface area contributed by atoms with Gasteiger partial charge in [-0.1, -0.05) is 18.6 Å². The molecule has 1 aromatic rings. The lowest BCUT2D eigenvalue weighted by molar-refractivity contribution is 0.161. The van der Waals surface area contributed by atoms with Crippen molar-refractivity contribution >= 4 is 0 Å². The number of piperidine rings is 1. The summed E-state index contributed by atoms with van der Waals surface area (Å²) >= 11 is 0. The summed E-state index contributed by atoms with van der Waals surface area (Å²) < 4.78 is 0. The molecule has 2 aliphatic rings. The van der Waals surface area contributed by atoms with Crippen molar-refractivity contribution in [2.45, 2.75) is 38.3 Å². The quantitative estimate of drug-likeness (QED) is 0.904. The molecule has 2 heterocycles. The van der Waals surface area contributed by atoms with E-state index >= 15 is 0 Å². The van der Waals surface area contributed by atoms with Crippen molar-refractivity contribution in [3.63, 3.8) is 0 Å². The van der Waals surface area contributed by atoms with Gasteiger partial charge in [-0.05, 0) is 50.0 Å². The van der Waals surface area contributed by atoms with E-state index in [1.54, 1.807) is 6.07 Å². The van der Waals surface area contributed by atoms with Crippen molar-refractivity contribution in [3.05, 3.63) is 29.8 Å². The van der Waals surface area contributed by atoms with Gasteiger partial charge < -0.3 is 5.11 Å². The lowest BCUT2D eigenvalue weighted by Gasteiger charge is -2.32. The zero-order valence-electron chi connectivity index (χ0n) is 11.6. The maximum absolute atomic E-state index is 9.52. The molecule has 1 N–H and O–H groups in total. The SMILES string of the molecule is Oc1cccc(CN2CCC(N3CCCCC3)C2)c1. The fourth-order valence-corrected chi connectivity index (χ4v) is 3.45. The highest BCUT2D eigenvalue weighted by molar-refractivity contribution is 5.27. The number of hydrogen-bond acceptors (Lipinski definition) is 3. The Morgan fingerprint density at radius 2 is 1.95 bits per heavy atom. The van der Waals surface area contributed by atoms with Crippen LogP contribution in [0.2, 0.25) is 0 Å². The Hall–Kier alpha value is -1.06. The highest BCUT2D eigenvalue weighted by atomic mass is 16.3. The third kappa shape index (κ3) is 3.28. The van der Waals surface area contributed by atoms with Crippen molar-refractivity contribution in [2.24, 2.45) is 0 Å². The third-order valence-electron chi connectivity index (χ3n) is 4.47. The lowest BCUT2D eigenvalue weighted by Crippen LogP contribution is -2.40. The topological polar surface area (TPSA) is 26.7 Å². The largest absolute Gasteiger partial charge is 0.508 e. The zero-order valence-corrected chi connectivity index (χ0v) is 11.6. The molecule has 19 heavy (non-hydrogen) atoms. The zero-order chi connectivity index (χ0) is 13.1. The van der Waals surface area contributed by atoms with Crippen LogP contribution in [-0.4, -0.2) is 47.1 Å². The van der Waals surface area contributed by atoms with E-state index < -0.39 is 0 Å². The van der Waals surface area contributed by atoms with Crippen molar-refractivity contribution < 1.29 is 5.11 Å². The Morgan fingerprint density at radius 1 is 1.11 bits per heavy atom. The van der Waals surface area contributed by atoms with Crippen LogP contribution in [-0.2, 0) is 6.54 Å². The van der Waals surface area contributed by atoms with E-state index in [4.69, 9.17) is 0 Å². The van der Waals surface area contributed by atoms with Gasteiger partial charge in [0.25, 0.3) is 0 Å². The van der Waals surface area contributed by atoms with Crippen LogP contribution >= 0.6 is 0 Å². The van der Waals surface area contributed by atoms with Crippen molar-refractivity contribution in [2.75, 3.05) is 26.2 Å². The van der Waals surface area contributed by atoms with Crippen LogP contribution in [0.1, 0.15) is 31.2 Å². The Balaban J connectivity index is 1.54. The second kappa shape index (κ2) is 5.93. The fraction of sp³-hybridized carbons (Fsp3) is 0.625. The van der Waals surface area contributed by atoms with E-state index in [1.165, 1.54) is 57.4 Å². The molecule has 3 rings (SSSR count). The molecule has 2 aliphatic heterocycles. The fourth-order valence-electron chi connectivity index (χ4n) is 3.45. The highest BCUT2D eigenvalue weighted by Gasteiger charge is 2.28. The van der Waals surface area contributed by atoms with E-state index in [2.05, 4.69) is 15.9 Å². The molecule has 0 spiro atoms. The van der Waals surface area contributed by atoms with E-state index in [9.17, 15) is 5.11 Å². The van der Waals surface area contributed by atoms with Crippen LogP contribution in [0.5, 0.6) is 5.75 Å². The predicted molar refractivity (Wildman–Crippen MR) is 77.2 cm³/mol. The number of phenols is 1. The molecule has 3 heteroatoms. The lowest BCUT2D eigenvalue weighted by atomic mass is 10.1. The maximum Gasteiger partial charge on any atom is 0.115 e. The molecule has 3 nitrogen and oxygen atoms in total. The minimum Gasteiger partial charge on any atom is -0.508 e. The first-order valence-electron chi connectivity index (χ1n) is 7.55. The first kappa shape index (κ1) is 12.9. The summed E-state index contributed by atoms with van der Waals surface area (Å²) in [6, 6.07) is 8.42. The molecule has 2 fully saturated rings. The van der Waals surface area contributed by atoms with E-state index in [0.29, 0.717) is 5.75 Å². The van der Waals surface area contributed by atoms with Crippen LogP contribution in [0.4, 0.5) is 0 Å². The molecule has 1 aromatic carbocycles. The summed E-state index contributed by atoms with van der Waals surface area (Å²) in [7, 11) is 0. The van der Waals surface area contributed by atoms with Gasteiger partial charge in [0.1, 0.15) is 5.75 Å². The van der Waals surface area contributed by atoms with Crippen molar-refractivity contribution in [1.29, 1.82) is 0 Å². The van der Waals surface area contributed by atoms with Gasteiger partial charge in [-0.3, -0.25) is 9.80 Å². The predicted octanol–water partition coefficient (Wildman–Crippen LogP) is 2.45. The summed E-state index contributed by atoms with van der Waals surface area (Å²) in [5.41, 5.74) is 1.22. The monoisotopic (exact) mass is 260 g/mol. The van der Waals surface area contributed by atoms with Gasteiger partial charge in [0.05, 0.1) is 0 Å². The van der Waals surface area contributed by atoms with Crippen LogP contribution in [0.3, 0.4) is 0 Å². The number of likely N-dealkylation sites (tertiary alicyclic amines) is 2. The molecule has 0 radical (unpaired) electrons. The van der Waals surface area contributed by atoms with Gasteiger partial charge in [-0.15, -0.1) is 0 Å². The molecule has 0 aromatic heterocycles. The highest BCUT2D eigenvalue weighted by Crippen LogP contribution is 2.22. The molecule has 2 saturated heterocycles. The molecule has 0 saturated carbocycles. The number of benzene rings is 1. The third-order valence-corrected chi connectivity index (χ3v) is 4.47. The number of aromatic hydroxyl groups is 1. The normalized spacial score (nSPS) is 25.8. The summed E-state index contributed by atoms with van der Waals surface area (Å²) in [6.07, 6.45) is 5.47. The molecule has 0 bridgehead atoms. The van der Waals surface area contributed by atoms with Crippen molar-refractivity contribution in [1.82, 2.24) is 9.80 Å². The van der Waals surface area contributed by atoms with Gasteiger partial charge in [0.15, 0.2) is 0 Å². The number of phenolic OH excluding ortho intramolecular Hbond substituents is 1. The van der Waals surface area contributed by atoms with Crippen LogP contribution in [0, 0.1) is 0 Å².